The first kappa shape index (κ1) is 27.6. The van der Waals surface area contributed by atoms with Gasteiger partial charge in [-0.2, -0.15) is 0 Å². The normalized spacial score (nSPS) is 11.8. The number of hydrogen-bond acceptors (Lipinski definition) is 3. The monoisotopic (exact) mass is 623 g/mol. The number of nitrogens with zero attached hydrogens (tertiary/aromatic N) is 3. The molecule has 0 saturated carbocycles. The Kier molecular flexibility index (Phi) is 6.09. The third-order valence-corrected chi connectivity index (χ3v) is 9.98. The second-order valence-corrected chi connectivity index (χ2v) is 12.9. The Labute approximate surface area is 283 Å². The van der Waals surface area contributed by atoms with Crippen molar-refractivity contribution in [3.63, 3.8) is 0 Å². The molecular formula is C46H29N3. The van der Waals surface area contributed by atoms with E-state index in [-0.39, 0.29) is 0 Å². The molecule has 0 aliphatic heterocycles. The number of benzene rings is 7. The molecule has 0 N–H and O–H groups in total. The summed E-state index contributed by atoms with van der Waals surface area (Å²) in [5.41, 5.74) is 10.6. The zero-order valence-corrected chi connectivity index (χ0v) is 26.9. The molecule has 0 bridgehead atoms. The smallest absolute Gasteiger partial charge is 0.0789 e. The molecule has 3 heterocycles. The van der Waals surface area contributed by atoms with Crippen LogP contribution in [0.1, 0.15) is 5.56 Å². The molecule has 0 unspecified atom stereocenters. The summed E-state index contributed by atoms with van der Waals surface area (Å²) in [4.78, 5) is 15.2. The number of rotatable bonds is 3. The number of fused-ring (bicyclic) bond motifs is 9. The van der Waals surface area contributed by atoms with E-state index in [1.165, 1.54) is 43.4 Å². The topological polar surface area (TPSA) is 38.7 Å². The van der Waals surface area contributed by atoms with Crippen LogP contribution in [0.3, 0.4) is 0 Å². The van der Waals surface area contributed by atoms with E-state index in [0.29, 0.717) is 0 Å². The molecule has 0 aliphatic carbocycles. The van der Waals surface area contributed by atoms with Gasteiger partial charge in [-0.25, -0.2) is 9.97 Å². The van der Waals surface area contributed by atoms with Gasteiger partial charge in [-0.05, 0) is 76.2 Å². The van der Waals surface area contributed by atoms with Crippen molar-refractivity contribution in [2.24, 2.45) is 0 Å². The molecule has 0 fully saturated rings. The zero-order valence-electron chi connectivity index (χ0n) is 26.9. The predicted octanol–water partition coefficient (Wildman–Crippen LogP) is 12.1. The van der Waals surface area contributed by atoms with Gasteiger partial charge in [-0.3, -0.25) is 4.98 Å². The highest BCUT2D eigenvalue weighted by Gasteiger charge is 2.15. The van der Waals surface area contributed by atoms with E-state index < -0.39 is 0 Å². The fourth-order valence-corrected chi connectivity index (χ4v) is 7.64. The van der Waals surface area contributed by atoms with E-state index in [2.05, 4.69) is 159 Å². The lowest BCUT2D eigenvalue weighted by molar-refractivity contribution is 1.39. The van der Waals surface area contributed by atoms with Crippen LogP contribution in [0.5, 0.6) is 0 Å². The molecular weight excluding hydrogens is 595 g/mol. The maximum absolute atomic E-state index is 5.22. The van der Waals surface area contributed by atoms with Crippen LogP contribution in [0.4, 0.5) is 0 Å². The standard InChI is InChI=1S/C46H29N3/c1-28-8-6-10-30-17-20-37-35(24-25-47-46(37)43(28)30)31-18-22-41-33(26-31)19-23-40(48-41)32-11-7-12-34(27-32)45-39-21-16-29-9-2-3-13-36(29)44(39)38-14-4-5-15-42(38)49-45/h2-27H,1H3. The second-order valence-electron chi connectivity index (χ2n) is 12.9. The van der Waals surface area contributed by atoms with E-state index in [4.69, 9.17) is 15.0 Å². The number of aryl methyl sites for hydroxylation is 1. The van der Waals surface area contributed by atoms with Crippen LogP contribution >= 0.6 is 0 Å². The van der Waals surface area contributed by atoms with Crippen molar-refractivity contribution in [2.45, 2.75) is 6.92 Å². The number of hydrogen-bond donors (Lipinski definition) is 0. The van der Waals surface area contributed by atoms with E-state index in [1.54, 1.807) is 0 Å². The molecule has 0 saturated heterocycles. The number of pyridine rings is 3. The predicted molar refractivity (Wildman–Crippen MR) is 206 cm³/mol. The van der Waals surface area contributed by atoms with Gasteiger partial charge in [0.05, 0.1) is 27.9 Å². The van der Waals surface area contributed by atoms with Crippen LogP contribution in [-0.4, -0.2) is 15.0 Å². The Hall–Kier alpha value is -6.45. The third-order valence-electron chi connectivity index (χ3n) is 9.98. The molecule has 3 nitrogen and oxygen atoms in total. The van der Waals surface area contributed by atoms with Crippen LogP contribution in [0.15, 0.2) is 158 Å². The van der Waals surface area contributed by atoms with Crippen molar-refractivity contribution in [1.82, 2.24) is 15.0 Å². The van der Waals surface area contributed by atoms with Crippen molar-refractivity contribution in [1.29, 1.82) is 0 Å². The Morgan fingerprint density at radius 1 is 0.429 bits per heavy atom. The van der Waals surface area contributed by atoms with Crippen LogP contribution in [0, 0.1) is 6.92 Å². The Balaban J connectivity index is 1.08. The van der Waals surface area contributed by atoms with Crippen LogP contribution in [-0.2, 0) is 0 Å². The molecule has 49 heavy (non-hydrogen) atoms. The molecule has 0 radical (unpaired) electrons. The SMILES string of the molecule is Cc1cccc2ccc3c(-c4ccc5nc(-c6cccc(-c7nc8ccccc8c8c7ccc7ccccc78)c6)ccc5c4)ccnc3c12. The molecule has 0 atom stereocenters. The molecule has 3 aromatic heterocycles. The summed E-state index contributed by atoms with van der Waals surface area (Å²) < 4.78 is 0. The molecule has 3 heteroatoms. The lowest BCUT2D eigenvalue weighted by Crippen LogP contribution is -1.92. The summed E-state index contributed by atoms with van der Waals surface area (Å²) >= 11 is 0. The van der Waals surface area contributed by atoms with Crippen LogP contribution in [0.25, 0.3) is 98.7 Å². The number of aromatic nitrogens is 3. The van der Waals surface area contributed by atoms with Crippen molar-refractivity contribution < 1.29 is 0 Å². The first-order valence-corrected chi connectivity index (χ1v) is 16.7. The first-order chi connectivity index (χ1) is 24.2. The summed E-state index contributed by atoms with van der Waals surface area (Å²) in [6.07, 6.45) is 1.93. The van der Waals surface area contributed by atoms with Gasteiger partial charge in [0.25, 0.3) is 0 Å². The summed E-state index contributed by atoms with van der Waals surface area (Å²) in [6, 6.07) is 54.0. The van der Waals surface area contributed by atoms with E-state index in [9.17, 15) is 0 Å². The minimum Gasteiger partial charge on any atom is -0.256 e. The van der Waals surface area contributed by atoms with Crippen molar-refractivity contribution in [3.8, 4) is 33.6 Å². The van der Waals surface area contributed by atoms with Crippen molar-refractivity contribution >= 4 is 65.0 Å². The average molecular weight is 624 g/mol. The largest absolute Gasteiger partial charge is 0.256 e. The minimum atomic E-state index is 0.939. The van der Waals surface area contributed by atoms with Gasteiger partial charge >= 0.3 is 0 Å². The van der Waals surface area contributed by atoms with E-state index in [1.807, 2.05) is 6.20 Å². The van der Waals surface area contributed by atoms with Gasteiger partial charge in [-0.1, -0.05) is 115 Å². The lowest BCUT2D eigenvalue weighted by Gasteiger charge is -2.13. The highest BCUT2D eigenvalue weighted by atomic mass is 14.7. The van der Waals surface area contributed by atoms with E-state index >= 15 is 0 Å². The Bertz CT molecular complexity index is 2940. The molecule has 0 aliphatic rings. The molecule has 0 spiro atoms. The van der Waals surface area contributed by atoms with Crippen molar-refractivity contribution in [2.75, 3.05) is 0 Å². The maximum atomic E-state index is 5.22. The zero-order chi connectivity index (χ0) is 32.5. The highest BCUT2D eigenvalue weighted by Crippen LogP contribution is 2.39. The van der Waals surface area contributed by atoms with Gasteiger partial charge < -0.3 is 0 Å². The molecule has 7 aromatic carbocycles. The quantitative estimate of drug-likeness (QED) is 0.184. The fraction of sp³-hybridized carbons (Fsp3) is 0.0217. The van der Waals surface area contributed by atoms with E-state index in [0.717, 1.165) is 60.8 Å². The van der Waals surface area contributed by atoms with Crippen molar-refractivity contribution in [3.05, 3.63) is 163 Å². The first-order valence-electron chi connectivity index (χ1n) is 16.7. The number of para-hydroxylation sites is 1. The minimum absolute atomic E-state index is 0.939. The average Bonchev–Trinajstić information content (AvgIpc) is 3.16. The van der Waals surface area contributed by atoms with Gasteiger partial charge in [0.15, 0.2) is 0 Å². The van der Waals surface area contributed by atoms with Crippen LogP contribution in [0.2, 0.25) is 0 Å². The van der Waals surface area contributed by atoms with Crippen LogP contribution < -0.4 is 0 Å². The molecule has 0 amide bonds. The van der Waals surface area contributed by atoms with Gasteiger partial charge in [0.2, 0.25) is 0 Å². The summed E-state index contributed by atoms with van der Waals surface area (Å²) in [6.45, 7) is 2.16. The molecule has 10 rings (SSSR count). The maximum Gasteiger partial charge on any atom is 0.0789 e. The Morgan fingerprint density at radius 3 is 2.16 bits per heavy atom. The molecule has 228 valence electrons. The fourth-order valence-electron chi connectivity index (χ4n) is 7.64. The van der Waals surface area contributed by atoms with Gasteiger partial charge in [0.1, 0.15) is 0 Å². The molecule has 10 aromatic rings. The summed E-state index contributed by atoms with van der Waals surface area (Å²) in [7, 11) is 0. The second kappa shape index (κ2) is 10.8. The van der Waals surface area contributed by atoms with Gasteiger partial charge in [-0.15, -0.1) is 0 Å². The lowest BCUT2D eigenvalue weighted by atomic mass is 9.94. The summed E-state index contributed by atoms with van der Waals surface area (Å²) in [5, 5.41) is 10.7. The third kappa shape index (κ3) is 4.40. The Morgan fingerprint density at radius 2 is 1.20 bits per heavy atom. The highest BCUT2D eigenvalue weighted by molar-refractivity contribution is 6.22. The van der Waals surface area contributed by atoms with Gasteiger partial charge in [0, 0.05) is 49.6 Å². The summed E-state index contributed by atoms with van der Waals surface area (Å²) in [5.74, 6) is 0.